The quantitative estimate of drug-likeness (QED) is 0.176. The molecule has 0 bridgehead atoms. The standard InChI is InChI=1S/C28H24Cl2F3N5O5S/c1-41-19-8-10-23(42-2)22(12-19)38-24(13-34-25(39)14-43-18-6-4-17(29)5-7-18)36-37-27(38)44-15-26(40)35-21-11-16(28(31,32)33)3-9-20(21)30/h3-12H,13-15H2,1-2H3,(H,34,39)(H,35,40). The first-order valence-corrected chi connectivity index (χ1v) is 14.3. The molecule has 4 aromatic rings. The second kappa shape index (κ2) is 14.6. The third kappa shape index (κ3) is 8.49. The molecule has 16 heteroatoms. The van der Waals surface area contributed by atoms with Gasteiger partial charge in [0.1, 0.15) is 17.2 Å². The summed E-state index contributed by atoms with van der Waals surface area (Å²) in [6.45, 7) is -0.360. The minimum absolute atomic E-state index is 0.0568. The zero-order valence-corrected chi connectivity index (χ0v) is 25.4. The molecule has 0 unspecified atom stereocenters. The van der Waals surface area contributed by atoms with Crippen LogP contribution in [0, 0.1) is 0 Å². The number of carbonyl (C=O) groups is 2. The van der Waals surface area contributed by atoms with Crippen LogP contribution >= 0.6 is 35.0 Å². The van der Waals surface area contributed by atoms with E-state index in [1.807, 2.05) is 0 Å². The van der Waals surface area contributed by atoms with Crippen LogP contribution < -0.4 is 24.8 Å². The summed E-state index contributed by atoms with van der Waals surface area (Å²) in [5, 5.41) is 14.2. The molecule has 1 heterocycles. The fraction of sp³-hybridized carbons (Fsp3) is 0.214. The fourth-order valence-electron chi connectivity index (χ4n) is 3.74. The molecule has 2 amide bonds. The summed E-state index contributed by atoms with van der Waals surface area (Å²) in [5.41, 5.74) is -0.699. The minimum Gasteiger partial charge on any atom is -0.497 e. The SMILES string of the molecule is COc1ccc(OC)c(-n2c(CNC(=O)COc3ccc(Cl)cc3)nnc2SCC(=O)Nc2cc(C(F)(F)F)ccc2Cl)c1. The van der Waals surface area contributed by atoms with E-state index in [0.29, 0.717) is 28.0 Å². The van der Waals surface area contributed by atoms with Gasteiger partial charge >= 0.3 is 6.18 Å². The van der Waals surface area contributed by atoms with Crippen molar-refractivity contribution in [3.05, 3.63) is 82.1 Å². The molecule has 0 aliphatic rings. The van der Waals surface area contributed by atoms with Crippen LogP contribution in [0.5, 0.6) is 17.2 Å². The van der Waals surface area contributed by atoms with E-state index in [-0.39, 0.29) is 40.6 Å². The number of halogens is 5. The normalized spacial score (nSPS) is 11.2. The van der Waals surface area contributed by atoms with Gasteiger partial charge in [-0.2, -0.15) is 13.2 Å². The Labute approximate surface area is 263 Å². The van der Waals surface area contributed by atoms with E-state index in [1.165, 1.54) is 14.2 Å². The number of rotatable bonds is 12. The summed E-state index contributed by atoms with van der Waals surface area (Å²) >= 11 is 12.8. The fourth-order valence-corrected chi connectivity index (χ4v) is 4.80. The highest BCUT2D eigenvalue weighted by molar-refractivity contribution is 7.99. The van der Waals surface area contributed by atoms with Crippen LogP contribution in [-0.4, -0.2) is 53.2 Å². The zero-order chi connectivity index (χ0) is 31.9. The number of carbonyl (C=O) groups excluding carboxylic acids is 2. The molecular weight excluding hydrogens is 646 g/mol. The molecule has 232 valence electrons. The van der Waals surface area contributed by atoms with Crippen molar-refractivity contribution in [1.82, 2.24) is 20.1 Å². The second-order valence-corrected chi connectivity index (χ2v) is 10.6. The lowest BCUT2D eigenvalue weighted by molar-refractivity contribution is -0.137. The van der Waals surface area contributed by atoms with Gasteiger partial charge in [0, 0.05) is 11.1 Å². The first-order chi connectivity index (χ1) is 21.0. The van der Waals surface area contributed by atoms with Gasteiger partial charge in [-0.3, -0.25) is 14.2 Å². The summed E-state index contributed by atoms with van der Waals surface area (Å²) in [6, 6.07) is 14.1. The van der Waals surface area contributed by atoms with Crippen molar-refractivity contribution in [3.63, 3.8) is 0 Å². The number of ether oxygens (including phenoxy) is 3. The predicted octanol–water partition coefficient (Wildman–Crippen LogP) is 6.04. The van der Waals surface area contributed by atoms with Crippen molar-refractivity contribution in [2.45, 2.75) is 17.9 Å². The van der Waals surface area contributed by atoms with Gasteiger partial charge in [0.25, 0.3) is 5.91 Å². The summed E-state index contributed by atoms with van der Waals surface area (Å²) in [4.78, 5) is 25.3. The van der Waals surface area contributed by atoms with E-state index in [9.17, 15) is 22.8 Å². The minimum atomic E-state index is -4.61. The number of amides is 2. The first-order valence-electron chi connectivity index (χ1n) is 12.6. The molecule has 0 fully saturated rings. The van der Waals surface area contributed by atoms with Gasteiger partial charge in [-0.15, -0.1) is 10.2 Å². The molecular formula is C28H24Cl2F3N5O5S. The zero-order valence-electron chi connectivity index (χ0n) is 23.1. The van der Waals surface area contributed by atoms with Crippen molar-refractivity contribution >= 4 is 52.5 Å². The number of methoxy groups -OCH3 is 2. The van der Waals surface area contributed by atoms with Crippen LogP contribution in [0.15, 0.2) is 65.8 Å². The highest BCUT2D eigenvalue weighted by atomic mass is 35.5. The lowest BCUT2D eigenvalue weighted by atomic mass is 10.2. The highest BCUT2D eigenvalue weighted by Gasteiger charge is 2.31. The molecule has 4 rings (SSSR count). The Morgan fingerprint density at radius 3 is 2.34 bits per heavy atom. The van der Waals surface area contributed by atoms with Crippen molar-refractivity contribution in [2.24, 2.45) is 0 Å². The van der Waals surface area contributed by atoms with Gasteiger partial charge in [-0.1, -0.05) is 35.0 Å². The van der Waals surface area contributed by atoms with E-state index in [1.54, 1.807) is 47.0 Å². The molecule has 0 atom stereocenters. The number of anilines is 1. The van der Waals surface area contributed by atoms with Crippen LogP contribution in [0.4, 0.5) is 18.9 Å². The number of thioether (sulfide) groups is 1. The molecule has 0 saturated heterocycles. The number of alkyl halides is 3. The van der Waals surface area contributed by atoms with E-state index < -0.39 is 23.6 Å². The maximum atomic E-state index is 13.1. The molecule has 44 heavy (non-hydrogen) atoms. The largest absolute Gasteiger partial charge is 0.497 e. The molecule has 0 aliphatic heterocycles. The number of aromatic nitrogens is 3. The average molecular weight is 670 g/mol. The number of hydrogen-bond donors (Lipinski definition) is 2. The lowest BCUT2D eigenvalue weighted by Crippen LogP contribution is -2.29. The van der Waals surface area contributed by atoms with Crippen molar-refractivity contribution in [1.29, 1.82) is 0 Å². The highest BCUT2D eigenvalue weighted by Crippen LogP contribution is 2.35. The van der Waals surface area contributed by atoms with E-state index in [0.717, 1.165) is 30.0 Å². The Morgan fingerprint density at radius 1 is 0.932 bits per heavy atom. The Balaban J connectivity index is 1.52. The smallest absolute Gasteiger partial charge is 0.416 e. The van der Waals surface area contributed by atoms with Crippen molar-refractivity contribution < 1.29 is 37.0 Å². The molecule has 3 aromatic carbocycles. The van der Waals surface area contributed by atoms with Crippen LogP contribution in [0.3, 0.4) is 0 Å². The summed E-state index contributed by atoms with van der Waals surface area (Å²) in [6.07, 6.45) is -4.61. The maximum absolute atomic E-state index is 13.1. The summed E-state index contributed by atoms with van der Waals surface area (Å²) < 4.78 is 57.3. The topological polar surface area (TPSA) is 117 Å². The third-order valence-corrected chi connectivity index (χ3v) is 7.37. The number of hydrogen-bond acceptors (Lipinski definition) is 8. The van der Waals surface area contributed by atoms with Gasteiger partial charge in [-0.05, 0) is 54.6 Å². The van der Waals surface area contributed by atoms with E-state index in [2.05, 4.69) is 20.8 Å². The predicted molar refractivity (Wildman–Crippen MR) is 159 cm³/mol. The van der Waals surface area contributed by atoms with Crippen molar-refractivity contribution in [2.75, 3.05) is 31.9 Å². The first kappa shape index (κ1) is 32.8. The monoisotopic (exact) mass is 669 g/mol. The Bertz CT molecular complexity index is 1640. The van der Waals surface area contributed by atoms with Crippen molar-refractivity contribution in [3.8, 4) is 22.9 Å². The van der Waals surface area contributed by atoms with Gasteiger partial charge < -0.3 is 24.8 Å². The number of benzene rings is 3. The lowest BCUT2D eigenvalue weighted by Gasteiger charge is -2.15. The van der Waals surface area contributed by atoms with Crippen LogP contribution in [0.1, 0.15) is 11.4 Å². The average Bonchev–Trinajstić information content (AvgIpc) is 3.41. The molecule has 0 aliphatic carbocycles. The molecule has 0 spiro atoms. The molecule has 1 aromatic heterocycles. The molecule has 2 N–H and O–H groups in total. The Hall–Kier alpha value is -4.14. The molecule has 0 saturated carbocycles. The number of nitrogens with zero attached hydrogens (tertiary/aromatic N) is 3. The second-order valence-electron chi connectivity index (χ2n) is 8.82. The van der Waals surface area contributed by atoms with Crippen LogP contribution in [-0.2, 0) is 22.3 Å². The van der Waals surface area contributed by atoms with Gasteiger partial charge in [0.2, 0.25) is 5.91 Å². The van der Waals surface area contributed by atoms with E-state index in [4.69, 9.17) is 37.4 Å². The van der Waals surface area contributed by atoms with Gasteiger partial charge in [-0.25, -0.2) is 0 Å². The van der Waals surface area contributed by atoms with E-state index >= 15 is 0 Å². The van der Waals surface area contributed by atoms with Crippen LogP contribution in [0.25, 0.3) is 5.69 Å². The van der Waals surface area contributed by atoms with Crippen LogP contribution in [0.2, 0.25) is 10.0 Å². The Kier molecular flexibility index (Phi) is 10.8. The molecule has 0 radical (unpaired) electrons. The number of nitrogens with one attached hydrogen (secondary N) is 2. The summed E-state index contributed by atoms with van der Waals surface area (Å²) in [5.74, 6) is 0.270. The Morgan fingerprint density at radius 2 is 1.66 bits per heavy atom. The third-order valence-electron chi connectivity index (χ3n) is 5.85. The summed E-state index contributed by atoms with van der Waals surface area (Å²) in [7, 11) is 2.95. The molecule has 10 nitrogen and oxygen atoms in total. The van der Waals surface area contributed by atoms with Gasteiger partial charge in [0.05, 0.1) is 48.5 Å². The van der Waals surface area contributed by atoms with Gasteiger partial charge in [0.15, 0.2) is 17.6 Å². The maximum Gasteiger partial charge on any atom is 0.416 e.